The Labute approximate surface area is 293 Å². The smallest absolute Gasteiger partial charge is 0.258 e. The maximum Gasteiger partial charge on any atom is 0.258 e. The maximum absolute atomic E-state index is 15.3. The average Bonchev–Trinajstić information content (AvgIpc) is 3.75. The summed E-state index contributed by atoms with van der Waals surface area (Å²) in [5.74, 6) is -21.7. The second-order valence-electron chi connectivity index (χ2n) is 12.8. The van der Waals surface area contributed by atoms with Crippen molar-refractivity contribution in [1.82, 2.24) is 4.90 Å². The molecule has 4 aliphatic rings. The molecular weight excluding hydrogens is 726 g/mol. The number of hydrogen-bond donors (Lipinski definition) is 1. The number of allylic oxidation sites excluding steroid dienone is 2. The maximum atomic E-state index is 15.3. The number of carbonyl (C=O) groups excluding carboxylic acids is 4. The Morgan fingerprint density at radius 1 is 0.820 bits per heavy atom. The molecule has 0 bridgehead atoms. The minimum atomic E-state index is -2.75. The molecule has 1 N–H and O–H groups in total. The number of fused-ring (bicyclic) bond motifs is 5. The lowest BCUT2D eigenvalue weighted by molar-refractivity contribution is -0.141. The van der Waals surface area contributed by atoms with Crippen molar-refractivity contribution in [2.24, 2.45) is 17.8 Å². The van der Waals surface area contributed by atoms with Gasteiger partial charge in [0, 0.05) is 16.4 Å². The van der Waals surface area contributed by atoms with Gasteiger partial charge in [-0.1, -0.05) is 48.0 Å². The number of phenolic OH excluding ortho intramolecular Hbond substituents is 1. The number of likely N-dealkylation sites (tertiary alicyclic amines) is 1. The molecule has 1 saturated carbocycles. The average molecular weight is 748 g/mol. The van der Waals surface area contributed by atoms with Crippen LogP contribution < -0.4 is 4.90 Å². The number of imide groups is 2. The summed E-state index contributed by atoms with van der Waals surface area (Å²) in [5.41, 5.74) is -1.63. The van der Waals surface area contributed by atoms with Gasteiger partial charge in [-0.05, 0) is 47.0 Å². The van der Waals surface area contributed by atoms with Gasteiger partial charge in [0.25, 0.3) is 11.8 Å². The number of amides is 4. The highest BCUT2D eigenvalue weighted by Crippen LogP contribution is 2.67. The van der Waals surface area contributed by atoms with Gasteiger partial charge in [-0.15, -0.1) is 34.5 Å². The van der Waals surface area contributed by atoms with Gasteiger partial charge in [0.05, 0.1) is 18.4 Å². The molecule has 2 aliphatic carbocycles. The normalized spacial score (nSPS) is 29.1. The molecule has 7 nitrogen and oxygen atoms in total. The number of benzene rings is 3. The summed E-state index contributed by atoms with van der Waals surface area (Å²) < 4.78 is 73.6. The number of carbonyl (C=O) groups is 4. The van der Waals surface area contributed by atoms with E-state index in [-0.39, 0.29) is 29.0 Å². The molecule has 0 spiro atoms. The largest absolute Gasteiger partial charge is 0.508 e. The summed E-state index contributed by atoms with van der Waals surface area (Å²) in [5, 5.41) is 14.1. The number of phenols is 1. The Morgan fingerprint density at radius 3 is 2.18 bits per heavy atom. The molecule has 2 aliphatic heterocycles. The summed E-state index contributed by atoms with van der Waals surface area (Å²) in [4.78, 5) is 52.9. The molecule has 4 amide bonds. The van der Waals surface area contributed by atoms with Crippen molar-refractivity contribution in [2.75, 3.05) is 4.90 Å². The number of halogens is 7. The van der Waals surface area contributed by atoms with Crippen LogP contribution in [0.2, 0.25) is 0 Å². The zero-order chi connectivity index (χ0) is 35.6. The SMILES string of the molecule is O=C1C2CC=C3C(CC4(Cl)C(=O)N(c5c(F)c(F)c(F)c(F)c5F)C(=O)C4(Cl)C3c3c(O)ccc4ccccc34)C2C(=O)N1Cc1cccs1. The number of rotatable bonds is 4. The number of anilines is 1. The van der Waals surface area contributed by atoms with Crippen molar-refractivity contribution < 1.29 is 46.2 Å². The van der Waals surface area contributed by atoms with Crippen molar-refractivity contribution in [3.8, 4) is 5.75 Å². The second kappa shape index (κ2) is 11.1. The molecule has 6 atom stereocenters. The van der Waals surface area contributed by atoms with E-state index in [9.17, 15) is 37.5 Å². The van der Waals surface area contributed by atoms with E-state index in [0.29, 0.717) is 10.8 Å². The Morgan fingerprint density at radius 2 is 1.50 bits per heavy atom. The van der Waals surface area contributed by atoms with E-state index in [1.807, 2.05) is 0 Å². The van der Waals surface area contributed by atoms with E-state index in [2.05, 4.69) is 0 Å². The van der Waals surface area contributed by atoms with Gasteiger partial charge in [0.1, 0.15) is 11.4 Å². The van der Waals surface area contributed by atoms with Crippen molar-refractivity contribution >= 4 is 74.6 Å². The van der Waals surface area contributed by atoms with Crippen LogP contribution >= 0.6 is 34.5 Å². The third kappa shape index (κ3) is 4.08. The third-order valence-corrected chi connectivity index (χ3v) is 12.7. The highest BCUT2D eigenvalue weighted by molar-refractivity contribution is 7.09. The Hall–Kier alpha value is -4.33. The lowest BCUT2D eigenvalue weighted by Gasteiger charge is -2.51. The van der Waals surface area contributed by atoms with Crippen LogP contribution in [0.25, 0.3) is 10.8 Å². The topological polar surface area (TPSA) is 95.0 Å². The lowest BCUT2D eigenvalue weighted by atomic mass is 9.56. The van der Waals surface area contributed by atoms with E-state index in [1.165, 1.54) is 17.4 Å². The molecule has 6 unspecified atom stereocenters. The summed E-state index contributed by atoms with van der Waals surface area (Å²) in [7, 11) is 0. The molecule has 50 heavy (non-hydrogen) atoms. The van der Waals surface area contributed by atoms with Gasteiger partial charge in [-0.25, -0.2) is 26.9 Å². The number of aromatic hydroxyl groups is 1. The van der Waals surface area contributed by atoms with Gasteiger partial charge in [0.2, 0.25) is 17.6 Å². The standard InChI is InChI=1S/C35H21Cl2F5N2O5S/c36-34-12-19-17(8-9-18-21(19)31(47)43(30(18)46)13-15-5-3-11-50-15)23(22-16-6-2-1-4-14(16)7-10-20(22)45)35(34,37)33(49)44(32(34)48)29-27(41)25(39)24(38)26(40)28(29)42/h1-8,10-11,18-19,21,23,45H,9,12-13H2. The zero-order valence-corrected chi connectivity index (χ0v) is 27.6. The van der Waals surface area contributed by atoms with E-state index >= 15 is 8.78 Å². The van der Waals surface area contributed by atoms with E-state index in [1.54, 1.807) is 53.9 Å². The fourth-order valence-electron chi connectivity index (χ4n) is 8.25. The van der Waals surface area contributed by atoms with Crippen molar-refractivity contribution in [3.05, 3.63) is 105 Å². The Balaban J connectivity index is 1.36. The first-order chi connectivity index (χ1) is 23.7. The molecule has 15 heteroatoms. The monoisotopic (exact) mass is 746 g/mol. The van der Waals surface area contributed by atoms with Gasteiger partial charge < -0.3 is 5.11 Å². The summed E-state index contributed by atoms with van der Waals surface area (Å²) in [6.45, 7) is -0.0190. The number of alkyl halides is 2. The predicted molar refractivity (Wildman–Crippen MR) is 172 cm³/mol. The van der Waals surface area contributed by atoms with Crippen molar-refractivity contribution in [1.29, 1.82) is 0 Å². The highest BCUT2D eigenvalue weighted by Gasteiger charge is 2.77. The van der Waals surface area contributed by atoms with E-state index in [4.69, 9.17) is 23.2 Å². The number of nitrogens with zero attached hydrogens (tertiary/aromatic N) is 2. The Kier molecular flexibility index (Phi) is 7.28. The molecule has 0 radical (unpaired) electrons. The van der Waals surface area contributed by atoms with Crippen molar-refractivity contribution in [3.63, 3.8) is 0 Å². The molecule has 4 aromatic rings. The quantitative estimate of drug-likeness (QED) is 0.0603. The summed E-state index contributed by atoms with van der Waals surface area (Å²) >= 11 is 15.8. The van der Waals surface area contributed by atoms with Gasteiger partial charge in [-0.2, -0.15) is 0 Å². The molecule has 2 saturated heterocycles. The van der Waals surface area contributed by atoms with Crippen LogP contribution in [0.3, 0.4) is 0 Å². The van der Waals surface area contributed by atoms with Crippen LogP contribution in [0.1, 0.15) is 29.2 Å². The van der Waals surface area contributed by atoms with Crippen LogP contribution in [0.15, 0.2) is 65.6 Å². The van der Waals surface area contributed by atoms with Crippen LogP contribution in [-0.2, 0) is 25.7 Å². The van der Waals surface area contributed by atoms with Gasteiger partial charge in [-0.3, -0.25) is 24.1 Å². The van der Waals surface area contributed by atoms with E-state index < -0.39 is 104 Å². The lowest BCUT2D eigenvalue weighted by Crippen LogP contribution is -2.60. The first-order valence-electron chi connectivity index (χ1n) is 15.3. The van der Waals surface area contributed by atoms with Crippen LogP contribution in [-0.4, -0.2) is 43.4 Å². The fourth-order valence-corrected chi connectivity index (χ4v) is 9.86. The van der Waals surface area contributed by atoms with Gasteiger partial charge >= 0.3 is 0 Å². The molecule has 3 fully saturated rings. The third-order valence-electron chi connectivity index (χ3n) is 10.4. The van der Waals surface area contributed by atoms with Crippen LogP contribution in [0.4, 0.5) is 27.6 Å². The summed E-state index contributed by atoms with van der Waals surface area (Å²) in [6, 6.07) is 13.0. The number of hydrogen-bond acceptors (Lipinski definition) is 6. The van der Waals surface area contributed by atoms with Crippen molar-refractivity contribution in [2.45, 2.75) is 35.1 Å². The predicted octanol–water partition coefficient (Wildman–Crippen LogP) is 7.07. The zero-order valence-electron chi connectivity index (χ0n) is 25.2. The van der Waals surface area contributed by atoms with Crippen LogP contribution in [0, 0.1) is 46.8 Å². The second-order valence-corrected chi connectivity index (χ2v) is 15.0. The fraction of sp³-hybridized carbons (Fsp3) is 0.257. The molecule has 1 aromatic heterocycles. The first kappa shape index (κ1) is 32.9. The minimum Gasteiger partial charge on any atom is -0.508 e. The first-order valence-corrected chi connectivity index (χ1v) is 16.9. The molecule has 8 rings (SSSR count). The van der Waals surface area contributed by atoms with E-state index in [0.717, 1.165) is 9.78 Å². The molecular formula is C35H21Cl2F5N2O5S. The summed E-state index contributed by atoms with van der Waals surface area (Å²) in [6.07, 6.45) is 0.960. The van der Waals surface area contributed by atoms with Gasteiger partial charge in [0.15, 0.2) is 33.0 Å². The molecule has 3 aromatic carbocycles. The highest BCUT2D eigenvalue weighted by atomic mass is 35.5. The molecule has 3 heterocycles. The molecule has 256 valence electrons. The van der Waals surface area contributed by atoms with Crippen LogP contribution in [0.5, 0.6) is 5.75 Å². The Bertz CT molecular complexity index is 2220. The number of thiophene rings is 1. The minimum absolute atomic E-state index is 0.00418.